The number of hydrogen-bond acceptors (Lipinski definition) is 6. The standard InChI is InChI=1S/C23H17ClF3N3O5/c1-34-20-10-15(12-28-29-22(31)16-5-3-6-17(11-16)23(25,26)27)9-19(24)21(20)35-13-14-4-2-7-18(8-14)30(32)33/h2-12H,13H2,1H3,(H,29,31)/b28-12-. The summed E-state index contributed by atoms with van der Waals surface area (Å²) in [6, 6.07) is 12.8. The Morgan fingerprint density at radius 3 is 2.60 bits per heavy atom. The molecule has 0 atom stereocenters. The van der Waals surface area contributed by atoms with Crippen molar-refractivity contribution in [3.8, 4) is 11.5 Å². The van der Waals surface area contributed by atoms with E-state index in [0.29, 0.717) is 11.1 Å². The number of nitrogens with zero attached hydrogens (tertiary/aromatic N) is 2. The smallest absolute Gasteiger partial charge is 0.416 e. The number of carbonyl (C=O) groups excluding carboxylic acids is 1. The number of amides is 1. The summed E-state index contributed by atoms with van der Waals surface area (Å²) in [7, 11) is 1.38. The minimum atomic E-state index is -4.58. The topological polar surface area (TPSA) is 103 Å². The highest BCUT2D eigenvalue weighted by atomic mass is 35.5. The largest absolute Gasteiger partial charge is 0.493 e. The molecule has 1 amide bonds. The molecule has 0 aliphatic heterocycles. The van der Waals surface area contributed by atoms with Gasteiger partial charge in [-0.3, -0.25) is 14.9 Å². The molecule has 0 aromatic heterocycles. The van der Waals surface area contributed by atoms with E-state index in [0.717, 1.165) is 18.2 Å². The van der Waals surface area contributed by atoms with Crippen LogP contribution in [-0.4, -0.2) is 24.2 Å². The summed E-state index contributed by atoms with van der Waals surface area (Å²) in [5.74, 6) is -0.415. The Morgan fingerprint density at radius 1 is 1.17 bits per heavy atom. The molecular formula is C23H17ClF3N3O5. The highest BCUT2D eigenvalue weighted by Crippen LogP contribution is 2.36. The summed E-state index contributed by atoms with van der Waals surface area (Å²) in [5.41, 5.74) is 1.85. The van der Waals surface area contributed by atoms with Gasteiger partial charge in [-0.2, -0.15) is 18.3 Å². The summed E-state index contributed by atoms with van der Waals surface area (Å²) in [4.78, 5) is 22.5. The van der Waals surface area contributed by atoms with Crippen molar-refractivity contribution < 1.29 is 32.4 Å². The third kappa shape index (κ3) is 6.70. The molecule has 35 heavy (non-hydrogen) atoms. The van der Waals surface area contributed by atoms with E-state index in [2.05, 4.69) is 10.5 Å². The van der Waals surface area contributed by atoms with Gasteiger partial charge < -0.3 is 9.47 Å². The van der Waals surface area contributed by atoms with Crippen molar-refractivity contribution in [2.45, 2.75) is 12.8 Å². The van der Waals surface area contributed by atoms with Crippen LogP contribution in [0, 0.1) is 10.1 Å². The molecule has 3 aromatic rings. The van der Waals surface area contributed by atoms with Crippen molar-refractivity contribution in [2.75, 3.05) is 7.11 Å². The predicted molar refractivity (Wildman–Crippen MR) is 122 cm³/mol. The molecule has 0 saturated heterocycles. The van der Waals surface area contributed by atoms with Gasteiger partial charge in [0.25, 0.3) is 11.6 Å². The van der Waals surface area contributed by atoms with Crippen LogP contribution in [0.5, 0.6) is 11.5 Å². The fraction of sp³-hybridized carbons (Fsp3) is 0.130. The zero-order chi connectivity index (χ0) is 25.6. The van der Waals surface area contributed by atoms with Gasteiger partial charge in [0.15, 0.2) is 11.5 Å². The Morgan fingerprint density at radius 2 is 1.91 bits per heavy atom. The average molecular weight is 508 g/mol. The number of hydrazone groups is 1. The van der Waals surface area contributed by atoms with Crippen LogP contribution in [0.25, 0.3) is 0 Å². The number of nitro benzene ring substituents is 1. The van der Waals surface area contributed by atoms with Crippen LogP contribution in [0.3, 0.4) is 0 Å². The van der Waals surface area contributed by atoms with Gasteiger partial charge in [-0.05, 0) is 41.5 Å². The molecule has 1 N–H and O–H groups in total. The Hall–Kier alpha value is -4.12. The second kappa shape index (κ2) is 10.9. The van der Waals surface area contributed by atoms with E-state index in [9.17, 15) is 28.1 Å². The molecule has 0 aliphatic carbocycles. The van der Waals surface area contributed by atoms with Crippen LogP contribution >= 0.6 is 11.6 Å². The summed E-state index contributed by atoms with van der Waals surface area (Å²) in [6.45, 7) is -0.0156. The van der Waals surface area contributed by atoms with Crippen molar-refractivity contribution in [3.05, 3.63) is 98.1 Å². The summed E-state index contributed by atoms with van der Waals surface area (Å²) in [6.07, 6.45) is -3.35. The van der Waals surface area contributed by atoms with Crippen molar-refractivity contribution >= 4 is 29.4 Å². The van der Waals surface area contributed by atoms with Gasteiger partial charge in [0.05, 0.1) is 28.8 Å². The molecular weight excluding hydrogens is 491 g/mol. The fourth-order valence-electron chi connectivity index (χ4n) is 2.94. The number of carbonyl (C=O) groups is 1. The second-order valence-electron chi connectivity index (χ2n) is 7.03. The lowest BCUT2D eigenvalue weighted by Gasteiger charge is -2.13. The van der Waals surface area contributed by atoms with E-state index < -0.39 is 22.6 Å². The van der Waals surface area contributed by atoms with Crippen molar-refractivity contribution in [1.82, 2.24) is 5.43 Å². The SMILES string of the molecule is COc1cc(/C=N\NC(=O)c2cccc(C(F)(F)F)c2)cc(Cl)c1OCc1cccc([N+](=O)[O-])c1. The molecule has 0 bridgehead atoms. The number of hydrogen-bond donors (Lipinski definition) is 1. The molecule has 8 nitrogen and oxygen atoms in total. The zero-order valence-corrected chi connectivity index (χ0v) is 18.8. The first-order valence-electron chi connectivity index (χ1n) is 9.83. The molecule has 12 heteroatoms. The Kier molecular flexibility index (Phi) is 7.92. The Labute approximate surface area is 202 Å². The number of nitro groups is 1. The number of benzene rings is 3. The first kappa shape index (κ1) is 25.5. The molecule has 0 aliphatic rings. The normalized spacial score (nSPS) is 11.3. The average Bonchev–Trinajstić information content (AvgIpc) is 2.82. The van der Waals surface area contributed by atoms with Crippen molar-refractivity contribution in [2.24, 2.45) is 5.10 Å². The van der Waals surface area contributed by atoms with Gasteiger partial charge in [-0.15, -0.1) is 0 Å². The van der Waals surface area contributed by atoms with E-state index >= 15 is 0 Å². The highest BCUT2D eigenvalue weighted by Gasteiger charge is 2.30. The maximum Gasteiger partial charge on any atom is 0.416 e. The maximum atomic E-state index is 12.8. The summed E-state index contributed by atoms with van der Waals surface area (Å²) >= 11 is 6.29. The van der Waals surface area contributed by atoms with Gasteiger partial charge >= 0.3 is 6.18 Å². The highest BCUT2D eigenvalue weighted by molar-refractivity contribution is 6.32. The predicted octanol–water partition coefficient (Wildman–Crippen LogP) is 5.62. The third-order valence-electron chi connectivity index (χ3n) is 4.59. The molecule has 0 heterocycles. The number of rotatable bonds is 8. The Bertz CT molecular complexity index is 1280. The monoisotopic (exact) mass is 507 g/mol. The van der Waals surface area contributed by atoms with Crippen LogP contribution in [0.2, 0.25) is 5.02 Å². The number of halogens is 4. The minimum absolute atomic E-state index is 0.0156. The molecule has 182 valence electrons. The van der Waals surface area contributed by atoms with Gasteiger partial charge in [0.1, 0.15) is 6.61 Å². The van der Waals surface area contributed by atoms with Crippen molar-refractivity contribution in [3.63, 3.8) is 0 Å². The number of nitrogens with one attached hydrogen (secondary N) is 1. The minimum Gasteiger partial charge on any atom is -0.493 e. The lowest BCUT2D eigenvalue weighted by molar-refractivity contribution is -0.384. The zero-order valence-electron chi connectivity index (χ0n) is 18.0. The molecule has 0 radical (unpaired) electrons. The molecule has 3 rings (SSSR count). The lowest BCUT2D eigenvalue weighted by Crippen LogP contribution is -2.18. The number of alkyl halides is 3. The molecule has 3 aromatic carbocycles. The Balaban J connectivity index is 1.70. The fourth-order valence-corrected chi connectivity index (χ4v) is 3.21. The van der Waals surface area contributed by atoms with Crippen LogP contribution in [0.15, 0.2) is 65.8 Å². The summed E-state index contributed by atoms with van der Waals surface area (Å²) in [5, 5.41) is 14.8. The lowest BCUT2D eigenvalue weighted by atomic mass is 10.1. The van der Waals surface area contributed by atoms with E-state index in [1.807, 2.05) is 0 Å². The van der Waals surface area contributed by atoms with Gasteiger partial charge in [0, 0.05) is 17.7 Å². The third-order valence-corrected chi connectivity index (χ3v) is 4.87. The maximum absolute atomic E-state index is 12.8. The summed E-state index contributed by atoms with van der Waals surface area (Å²) < 4.78 is 49.4. The first-order chi connectivity index (χ1) is 16.6. The molecule has 0 unspecified atom stereocenters. The van der Waals surface area contributed by atoms with Crippen LogP contribution < -0.4 is 14.9 Å². The van der Waals surface area contributed by atoms with E-state index in [1.165, 1.54) is 49.7 Å². The van der Waals surface area contributed by atoms with E-state index in [4.69, 9.17) is 21.1 Å². The van der Waals surface area contributed by atoms with Crippen LogP contribution in [0.4, 0.5) is 18.9 Å². The van der Waals surface area contributed by atoms with Gasteiger partial charge in [-0.25, -0.2) is 5.43 Å². The van der Waals surface area contributed by atoms with Crippen molar-refractivity contribution in [1.29, 1.82) is 0 Å². The first-order valence-corrected chi connectivity index (χ1v) is 10.2. The quantitative estimate of drug-likeness (QED) is 0.242. The molecule has 0 fully saturated rings. The molecule has 0 saturated carbocycles. The van der Waals surface area contributed by atoms with Crippen LogP contribution in [-0.2, 0) is 12.8 Å². The van der Waals surface area contributed by atoms with E-state index in [-0.39, 0.29) is 34.4 Å². The number of ether oxygens (including phenoxy) is 2. The molecule has 0 spiro atoms. The van der Waals surface area contributed by atoms with Gasteiger partial charge in [0.2, 0.25) is 0 Å². The number of non-ortho nitro benzene ring substituents is 1. The number of methoxy groups -OCH3 is 1. The van der Waals surface area contributed by atoms with Crippen LogP contribution in [0.1, 0.15) is 27.0 Å². The second-order valence-corrected chi connectivity index (χ2v) is 7.43. The van der Waals surface area contributed by atoms with Gasteiger partial charge in [-0.1, -0.05) is 29.8 Å². The van der Waals surface area contributed by atoms with E-state index in [1.54, 1.807) is 6.07 Å².